The normalized spacial score (nSPS) is 28.3. The van der Waals surface area contributed by atoms with E-state index in [9.17, 15) is 13.2 Å². The molecule has 5 nitrogen and oxygen atoms in total. The molecule has 0 atom stereocenters. The zero-order valence-corrected chi connectivity index (χ0v) is 13.8. The molecule has 2 aliphatic rings. The average molecular weight is 331 g/mol. The fourth-order valence-electron chi connectivity index (χ4n) is 3.47. The standard InChI is InChI=1S/C17H17NO4S/c1-12-3-8-15(19)18(9-12)14-6-4-13(5-7-14)16-10-17(16,11-16)22-23(2,20)21/h3-9H,10-11H2,1-2H3. The maximum Gasteiger partial charge on any atom is 0.264 e. The summed E-state index contributed by atoms with van der Waals surface area (Å²) in [6.07, 6.45) is 4.39. The second-order valence-corrected chi connectivity index (χ2v) is 8.25. The predicted octanol–water partition coefficient (Wildman–Crippen LogP) is 1.91. The van der Waals surface area contributed by atoms with E-state index in [1.54, 1.807) is 22.9 Å². The van der Waals surface area contributed by atoms with Crippen LogP contribution in [0.5, 0.6) is 0 Å². The van der Waals surface area contributed by atoms with Crippen LogP contribution in [0.1, 0.15) is 24.0 Å². The zero-order valence-electron chi connectivity index (χ0n) is 12.9. The third kappa shape index (κ3) is 2.24. The van der Waals surface area contributed by atoms with E-state index in [-0.39, 0.29) is 11.0 Å². The summed E-state index contributed by atoms with van der Waals surface area (Å²) in [7, 11) is -3.43. The van der Waals surface area contributed by atoms with Crippen LogP contribution in [-0.4, -0.2) is 24.8 Å². The Morgan fingerprint density at radius 1 is 1.09 bits per heavy atom. The van der Waals surface area contributed by atoms with E-state index in [0.717, 1.165) is 35.9 Å². The van der Waals surface area contributed by atoms with Crippen molar-refractivity contribution in [3.05, 3.63) is 64.1 Å². The summed E-state index contributed by atoms with van der Waals surface area (Å²) >= 11 is 0. The van der Waals surface area contributed by atoms with Gasteiger partial charge in [0.05, 0.1) is 11.9 Å². The fraction of sp³-hybridized carbons (Fsp3) is 0.353. The molecular formula is C17H17NO4S. The van der Waals surface area contributed by atoms with Crippen molar-refractivity contribution in [3.8, 4) is 5.69 Å². The first-order valence-electron chi connectivity index (χ1n) is 7.46. The van der Waals surface area contributed by atoms with Gasteiger partial charge < -0.3 is 0 Å². The van der Waals surface area contributed by atoms with Gasteiger partial charge in [-0.05, 0) is 43.0 Å². The van der Waals surface area contributed by atoms with Crippen molar-refractivity contribution in [2.24, 2.45) is 0 Å². The Morgan fingerprint density at radius 2 is 1.74 bits per heavy atom. The van der Waals surface area contributed by atoms with Crippen molar-refractivity contribution in [2.45, 2.75) is 30.8 Å². The van der Waals surface area contributed by atoms with Gasteiger partial charge in [-0.25, -0.2) is 0 Å². The molecule has 0 spiro atoms. The molecule has 1 heterocycles. The molecule has 4 rings (SSSR count). The number of rotatable bonds is 4. The lowest BCUT2D eigenvalue weighted by Crippen LogP contribution is -2.16. The van der Waals surface area contributed by atoms with Crippen LogP contribution in [0.15, 0.2) is 47.4 Å². The Labute approximate surface area is 134 Å². The molecule has 0 radical (unpaired) electrons. The number of nitrogens with zero attached hydrogens (tertiary/aromatic N) is 1. The summed E-state index contributed by atoms with van der Waals surface area (Å²) in [5.74, 6) is 0. The van der Waals surface area contributed by atoms with Crippen LogP contribution in [0.4, 0.5) is 0 Å². The van der Waals surface area contributed by atoms with E-state index < -0.39 is 15.7 Å². The van der Waals surface area contributed by atoms with E-state index in [4.69, 9.17) is 4.18 Å². The number of aryl methyl sites for hydroxylation is 1. The van der Waals surface area contributed by atoms with Crippen LogP contribution in [0.3, 0.4) is 0 Å². The third-order valence-electron chi connectivity index (χ3n) is 4.86. The minimum Gasteiger partial charge on any atom is -0.284 e. The third-order valence-corrected chi connectivity index (χ3v) is 5.49. The molecule has 0 saturated heterocycles. The summed E-state index contributed by atoms with van der Waals surface area (Å²) in [5.41, 5.74) is 2.15. The first kappa shape index (κ1) is 14.7. The van der Waals surface area contributed by atoms with Crippen molar-refractivity contribution in [3.63, 3.8) is 0 Å². The highest BCUT2D eigenvalue weighted by Crippen LogP contribution is 2.81. The Hall–Kier alpha value is -1.92. The number of hydrogen-bond acceptors (Lipinski definition) is 4. The zero-order chi connectivity index (χ0) is 16.5. The highest BCUT2D eigenvalue weighted by atomic mass is 32.2. The topological polar surface area (TPSA) is 65.4 Å². The smallest absolute Gasteiger partial charge is 0.264 e. The lowest BCUT2D eigenvalue weighted by molar-refractivity contribution is 0.249. The molecule has 2 fully saturated rings. The van der Waals surface area contributed by atoms with Gasteiger partial charge in [-0.2, -0.15) is 8.42 Å². The number of hydrogen-bond donors (Lipinski definition) is 0. The summed E-state index contributed by atoms with van der Waals surface area (Å²) in [6.45, 7) is 1.94. The molecule has 23 heavy (non-hydrogen) atoms. The predicted molar refractivity (Wildman–Crippen MR) is 86.3 cm³/mol. The van der Waals surface area contributed by atoms with Gasteiger partial charge >= 0.3 is 0 Å². The Bertz CT molecular complexity index is 951. The maximum absolute atomic E-state index is 12.0. The first-order valence-corrected chi connectivity index (χ1v) is 9.27. The number of aromatic nitrogens is 1. The van der Waals surface area contributed by atoms with Gasteiger partial charge in [0.25, 0.3) is 15.7 Å². The number of pyridine rings is 1. The highest BCUT2D eigenvalue weighted by Gasteiger charge is 2.86. The molecule has 0 N–H and O–H groups in total. The molecule has 0 unspecified atom stereocenters. The minimum absolute atomic E-state index is 0.0749. The number of fused-ring (bicyclic) bond motifs is 1. The largest absolute Gasteiger partial charge is 0.284 e. The van der Waals surface area contributed by atoms with Gasteiger partial charge in [-0.15, -0.1) is 0 Å². The molecule has 1 aromatic heterocycles. The van der Waals surface area contributed by atoms with Crippen molar-refractivity contribution in [2.75, 3.05) is 6.26 Å². The van der Waals surface area contributed by atoms with E-state index >= 15 is 0 Å². The van der Waals surface area contributed by atoms with E-state index in [2.05, 4.69) is 0 Å². The molecule has 6 heteroatoms. The molecule has 120 valence electrons. The Balaban J connectivity index is 1.62. The van der Waals surface area contributed by atoms with Crippen LogP contribution in [0.2, 0.25) is 0 Å². The molecular weight excluding hydrogens is 314 g/mol. The Kier molecular flexibility index (Phi) is 2.76. The number of benzene rings is 1. The van der Waals surface area contributed by atoms with Gasteiger partial charge in [-0.3, -0.25) is 13.5 Å². The summed E-state index contributed by atoms with van der Waals surface area (Å²) < 4.78 is 29.5. The first-order chi connectivity index (χ1) is 10.7. The van der Waals surface area contributed by atoms with Crippen LogP contribution in [0.25, 0.3) is 5.69 Å². The average Bonchev–Trinajstić information content (AvgIpc) is 3.26. The maximum atomic E-state index is 12.0. The van der Waals surface area contributed by atoms with Crippen molar-refractivity contribution in [1.29, 1.82) is 0 Å². The second-order valence-electron chi connectivity index (χ2n) is 6.68. The lowest BCUT2D eigenvalue weighted by Gasteiger charge is -2.08. The molecule has 2 saturated carbocycles. The quantitative estimate of drug-likeness (QED) is 0.803. The minimum atomic E-state index is -3.43. The van der Waals surface area contributed by atoms with Gasteiger partial charge in [0, 0.05) is 23.4 Å². The SMILES string of the molecule is Cc1ccc(=O)n(-c2ccc(C34CC3(OS(C)(=O)=O)C4)cc2)c1. The van der Waals surface area contributed by atoms with Crippen LogP contribution in [-0.2, 0) is 19.7 Å². The fourth-order valence-corrected chi connectivity index (χ4v) is 4.32. The van der Waals surface area contributed by atoms with E-state index in [1.807, 2.05) is 31.2 Å². The molecule has 1 aromatic carbocycles. The van der Waals surface area contributed by atoms with Crippen LogP contribution < -0.4 is 5.56 Å². The van der Waals surface area contributed by atoms with Gasteiger partial charge in [0.1, 0.15) is 0 Å². The molecule has 2 aromatic rings. The molecule has 2 aliphatic carbocycles. The van der Waals surface area contributed by atoms with Gasteiger partial charge in [-0.1, -0.05) is 18.2 Å². The van der Waals surface area contributed by atoms with Gasteiger partial charge in [0.2, 0.25) is 0 Å². The highest BCUT2D eigenvalue weighted by molar-refractivity contribution is 7.86. The van der Waals surface area contributed by atoms with E-state index in [0.29, 0.717) is 0 Å². The van der Waals surface area contributed by atoms with E-state index in [1.165, 1.54) is 0 Å². The van der Waals surface area contributed by atoms with Crippen LogP contribution >= 0.6 is 0 Å². The molecule has 0 bridgehead atoms. The lowest BCUT2D eigenvalue weighted by atomic mass is 10.0. The van der Waals surface area contributed by atoms with Crippen LogP contribution in [0, 0.1) is 6.92 Å². The molecule has 0 amide bonds. The second kappa shape index (κ2) is 4.33. The summed E-state index contributed by atoms with van der Waals surface area (Å²) in [6, 6.07) is 11.1. The summed E-state index contributed by atoms with van der Waals surface area (Å²) in [5, 5.41) is 0. The monoisotopic (exact) mass is 331 g/mol. The Morgan fingerprint density at radius 3 is 2.35 bits per heavy atom. The van der Waals surface area contributed by atoms with Crippen molar-refractivity contribution in [1.82, 2.24) is 4.57 Å². The van der Waals surface area contributed by atoms with Gasteiger partial charge in [0.15, 0.2) is 0 Å². The summed E-state index contributed by atoms with van der Waals surface area (Å²) in [4.78, 5) is 12.0. The van der Waals surface area contributed by atoms with Crippen molar-refractivity contribution >= 4 is 10.1 Å². The van der Waals surface area contributed by atoms with Crippen molar-refractivity contribution < 1.29 is 12.6 Å². The molecule has 0 aliphatic heterocycles.